The summed E-state index contributed by atoms with van der Waals surface area (Å²) < 4.78 is 2.02. The fourth-order valence-corrected chi connectivity index (χ4v) is 2.42. The molecule has 1 radical (unpaired) electrons. The molecule has 0 amide bonds. The Kier molecular flexibility index (Phi) is 9.76. The van der Waals surface area contributed by atoms with Gasteiger partial charge in [0.15, 0.2) is 0 Å². The van der Waals surface area contributed by atoms with Crippen LogP contribution in [0.2, 0.25) is 0 Å². The Labute approximate surface area is 176 Å². The smallest absolute Gasteiger partial charge is 0.0914 e. The summed E-state index contributed by atoms with van der Waals surface area (Å²) in [6, 6.07) is 10.4. The molecule has 0 atom stereocenters. The molecular formula is C20H25N4Y-. The zero-order chi connectivity index (χ0) is 17.4. The van der Waals surface area contributed by atoms with Crippen LogP contribution in [0, 0.1) is 6.20 Å². The van der Waals surface area contributed by atoms with Crippen molar-refractivity contribution < 1.29 is 32.7 Å². The summed E-state index contributed by atoms with van der Waals surface area (Å²) in [5, 5.41) is 4.34. The Morgan fingerprint density at radius 2 is 1.76 bits per heavy atom. The molecule has 3 aromatic heterocycles. The molecule has 0 aromatic carbocycles. The standard InChI is InChI=1S/C13H17N3.C7H8N.Y/c1-4-11-6-5-8-14-13(11)12-7-9-15-16(12)10(2)3;1-2-7-4-3-5-8-6-7;/h5-10H,4H2,1-3H3;3-5H,2H2,1H3;/q;-1;. The van der Waals surface area contributed by atoms with Crippen molar-refractivity contribution in [3.8, 4) is 11.4 Å². The van der Waals surface area contributed by atoms with Gasteiger partial charge < -0.3 is 4.98 Å². The summed E-state index contributed by atoms with van der Waals surface area (Å²) in [4.78, 5) is 8.30. The maximum Gasteiger partial charge on any atom is 0.0914 e. The maximum atomic E-state index is 4.47. The maximum absolute atomic E-state index is 4.47. The second-order valence-corrected chi connectivity index (χ2v) is 5.75. The van der Waals surface area contributed by atoms with E-state index in [1.54, 1.807) is 6.20 Å². The summed E-state index contributed by atoms with van der Waals surface area (Å²) in [6.07, 6.45) is 10.3. The van der Waals surface area contributed by atoms with Crippen LogP contribution in [0.25, 0.3) is 11.4 Å². The minimum atomic E-state index is 0. The van der Waals surface area contributed by atoms with E-state index in [1.165, 1.54) is 11.1 Å². The molecule has 0 bridgehead atoms. The topological polar surface area (TPSA) is 43.6 Å². The fourth-order valence-electron chi connectivity index (χ4n) is 2.42. The van der Waals surface area contributed by atoms with E-state index in [0.717, 1.165) is 24.2 Å². The quantitative estimate of drug-likeness (QED) is 0.594. The largest absolute Gasteiger partial charge is 0.394 e. The third-order valence-corrected chi connectivity index (χ3v) is 3.72. The minimum Gasteiger partial charge on any atom is -0.394 e. The predicted octanol–water partition coefficient (Wildman–Crippen LogP) is 4.53. The average molecular weight is 410 g/mol. The molecule has 0 saturated heterocycles. The van der Waals surface area contributed by atoms with Gasteiger partial charge in [-0.05, 0) is 38.0 Å². The SMILES string of the molecule is CCc1[c-]nccc1.CCc1cccnc1-c1ccnn1C(C)C.[Y]. The third-order valence-electron chi connectivity index (χ3n) is 3.72. The van der Waals surface area contributed by atoms with Gasteiger partial charge in [-0.3, -0.25) is 9.67 Å². The van der Waals surface area contributed by atoms with E-state index >= 15 is 0 Å². The van der Waals surface area contributed by atoms with Crippen LogP contribution < -0.4 is 0 Å². The Hall–Kier alpha value is -1.39. The van der Waals surface area contributed by atoms with Crippen molar-refractivity contribution in [2.45, 2.75) is 46.6 Å². The molecule has 3 aromatic rings. The number of aryl methyl sites for hydroxylation is 2. The van der Waals surface area contributed by atoms with Crippen LogP contribution in [-0.2, 0) is 45.6 Å². The second kappa shape index (κ2) is 11.3. The summed E-state index contributed by atoms with van der Waals surface area (Å²) in [5.74, 6) is 0. The van der Waals surface area contributed by atoms with Crippen molar-refractivity contribution in [2.75, 3.05) is 0 Å². The third kappa shape index (κ3) is 6.12. The van der Waals surface area contributed by atoms with Gasteiger partial charge in [0.25, 0.3) is 0 Å². The van der Waals surface area contributed by atoms with Crippen molar-refractivity contribution in [2.24, 2.45) is 0 Å². The zero-order valence-electron chi connectivity index (χ0n) is 15.5. The molecule has 25 heavy (non-hydrogen) atoms. The van der Waals surface area contributed by atoms with Crippen LogP contribution in [0.3, 0.4) is 0 Å². The molecule has 0 spiro atoms. The second-order valence-electron chi connectivity index (χ2n) is 5.75. The van der Waals surface area contributed by atoms with Crippen LogP contribution in [-0.4, -0.2) is 19.7 Å². The number of aromatic nitrogens is 4. The monoisotopic (exact) mass is 410 g/mol. The fraction of sp³-hybridized carbons (Fsp3) is 0.350. The van der Waals surface area contributed by atoms with Gasteiger partial charge in [-0.1, -0.05) is 38.7 Å². The van der Waals surface area contributed by atoms with Gasteiger partial charge in [0.1, 0.15) is 0 Å². The van der Waals surface area contributed by atoms with Gasteiger partial charge in [-0.2, -0.15) is 17.2 Å². The van der Waals surface area contributed by atoms with Crippen molar-refractivity contribution in [3.05, 3.63) is 66.2 Å². The van der Waals surface area contributed by atoms with Crippen LogP contribution in [0.15, 0.2) is 48.9 Å². The number of pyridine rings is 2. The normalized spacial score (nSPS) is 9.96. The van der Waals surface area contributed by atoms with Crippen LogP contribution in [0.4, 0.5) is 0 Å². The molecule has 129 valence electrons. The summed E-state index contributed by atoms with van der Waals surface area (Å²) in [7, 11) is 0. The van der Waals surface area contributed by atoms with E-state index in [-0.39, 0.29) is 32.7 Å². The van der Waals surface area contributed by atoms with Gasteiger partial charge >= 0.3 is 0 Å². The van der Waals surface area contributed by atoms with Crippen molar-refractivity contribution in [1.82, 2.24) is 19.7 Å². The molecule has 0 saturated carbocycles. The first kappa shape index (κ1) is 21.7. The van der Waals surface area contributed by atoms with Crippen molar-refractivity contribution >= 4 is 0 Å². The Balaban J connectivity index is 0.000000295. The summed E-state index contributed by atoms with van der Waals surface area (Å²) >= 11 is 0. The molecule has 0 N–H and O–H groups in total. The van der Waals surface area contributed by atoms with Gasteiger partial charge in [-0.15, -0.1) is 5.56 Å². The van der Waals surface area contributed by atoms with E-state index in [1.807, 2.05) is 41.3 Å². The number of nitrogens with zero attached hydrogens (tertiary/aromatic N) is 4. The van der Waals surface area contributed by atoms with Gasteiger partial charge in [0, 0.05) is 51.1 Å². The van der Waals surface area contributed by atoms with E-state index in [0.29, 0.717) is 6.04 Å². The molecule has 0 aliphatic carbocycles. The van der Waals surface area contributed by atoms with Crippen LogP contribution in [0.1, 0.15) is 44.9 Å². The number of hydrogen-bond donors (Lipinski definition) is 0. The first-order valence-electron chi connectivity index (χ1n) is 8.46. The molecule has 4 nitrogen and oxygen atoms in total. The molecule has 0 fully saturated rings. The van der Waals surface area contributed by atoms with E-state index in [4.69, 9.17) is 0 Å². The molecule has 3 rings (SSSR count). The van der Waals surface area contributed by atoms with Gasteiger partial charge in [0.05, 0.1) is 11.4 Å². The molecule has 3 heterocycles. The first-order chi connectivity index (χ1) is 11.7. The predicted molar refractivity (Wildman–Crippen MR) is 97.7 cm³/mol. The average Bonchev–Trinajstić information content (AvgIpc) is 3.13. The van der Waals surface area contributed by atoms with E-state index in [2.05, 4.69) is 55.0 Å². The first-order valence-corrected chi connectivity index (χ1v) is 8.46. The number of hydrogen-bond acceptors (Lipinski definition) is 3. The Morgan fingerprint density at radius 1 is 1.00 bits per heavy atom. The van der Waals surface area contributed by atoms with Crippen molar-refractivity contribution in [1.29, 1.82) is 0 Å². The number of rotatable bonds is 4. The Bertz CT molecular complexity index is 738. The van der Waals surface area contributed by atoms with Gasteiger partial charge in [0.2, 0.25) is 0 Å². The molecule has 5 heteroatoms. The minimum absolute atomic E-state index is 0. The van der Waals surface area contributed by atoms with E-state index < -0.39 is 0 Å². The van der Waals surface area contributed by atoms with E-state index in [9.17, 15) is 0 Å². The van der Waals surface area contributed by atoms with Crippen molar-refractivity contribution in [3.63, 3.8) is 0 Å². The molecule has 0 aliphatic heterocycles. The summed E-state index contributed by atoms with van der Waals surface area (Å²) in [5.41, 5.74) is 4.60. The molecular weight excluding hydrogens is 385 g/mol. The molecule has 0 unspecified atom stereocenters. The summed E-state index contributed by atoms with van der Waals surface area (Å²) in [6.45, 7) is 8.50. The zero-order valence-corrected chi connectivity index (χ0v) is 18.3. The molecule has 0 aliphatic rings. The van der Waals surface area contributed by atoms with Gasteiger partial charge in [-0.25, -0.2) is 0 Å². The Morgan fingerprint density at radius 3 is 2.32 bits per heavy atom. The van der Waals surface area contributed by atoms with Crippen LogP contribution in [0.5, 0.6) is 0 Å². The van der Waals surface area contributed by atoms with Crippen LogP contribution >= 0.6 is 0 Å².